The maximum atomic E-state index is 12.2. The Labute approximate surface area is 129 Å². The maximum Gasteiger partial charge on any atom is 0.251 e. The van der Waals surface area contributed by atoms with Gasteiger partial charge in [-0.05, 0) is 31.8 Å². The first-order chi connectivity index (χ1) is 9.40. The number of hydrogen-bond acceptors (Lipinski definition) is 5. The van der Waals surface area contributed by atoms with Crippen LogP contribution in [-0.2, 0) is 10.0 Å². The van der Waals surface area contributed by atoms with Crippen molar-refractivity contribution in [1.82, 2.24) is 14.6 Å². The second kappa shape index (κ2) is 6.70. The van der Waals surface area contributed by atoms with Gasteiger partial charge in [0.25, 0.3) is 10.0 Å². The first kappa shape index (κ1) is 16.2. The maximum absolute atomic E-state index is 12.2. The summed E-state index contributed by atoms with van der Waals surface area (Å²) < 4.78 is 27.4. The van der Waals surface area contributed by atoms with Crippen molar-refractivity contribution in [2.24, 2.45) is 5.92 Å². The van der Waals surface area contributed by atoms with E-state index in [0.29, 0.717) is 12.5 Å². The quantitative estimate of drug-likeness (QED) is 0.864. The van der Waals surface area contributed by atoms with E-state index in [0.717, 1.165) is 24.4 Å². The molecule has 2 rings (SSSR count). The average Bonchev–Trinajstić information content (AvgIpc) is 3.00. The minimum Gasteiger partial charge on any atom is -0.299 e. The van der Waals surface area contributed by atoms with Crippen molar-refractivity contribution in [1.29, 1.82) is 0 Å². The number of rotatable bonds is 6. The molecule has 0 bridgehead atoms. The van der Waals surface area contributed by atoms with Crippen LogP contribution in [0.5, 0.6) is 0 Å². The van der Waals surface area contributed by atoms with Gasteiger partial charge in [-0.1, -0.05) is 36.8 Å². The number of thiazole rings is 1. The van der Waals surface area contributed by atoms with Crippen molar-refractivity contribution in [3.63, 3.8) is 0 Å². The average molecular weight is 338 g/mol. The molecule has 1 aromatic rings. The van der Waals surface area contributed by atoms with Crippen LogP contribution in [0, 0.1) is 5.92 Å². The number of halogens is 1. The molecule has 1 unspecified atom stereocenters. The standard InChI is InChI=1S/C12H20ClN3O2S2/c1-9(2)10(16-5-3-4-6-16)7-15-20(17,18)11-8-14-12(13)19-11/h8-10,15H,3-7H2,1-2H3. The molecule has 1 fully saturated rings. The van der Waals surface area contributed by atoms with E-state index in [2.05, 4.69) is 28.5 Å². The number of nitrogens with one attached hydrogen (secondary N) is 1. The van der Waals surface area contributed by atoms with Crippen molar-refractivity contribution in [3.8, 4) is 0 Å². The van der Waals surface area contributed by atoms with Gasteiger partial charge in [0.05, 0.1) is 6.20 Å². The highest BCUT2D eigenvalue weighted by molar-refractivity contribution is 7.91. The molecular weight excluding hydrogens is 318 g/mol. The largest absolute Gasteiger partial charge is 0.299 e. The van der Waals surface area contributed by atoms with Gasteiger partial charge in [-0.2, -0.15) is 0 Å². The third-order valence-corrected chi connectivity index (χ3v) is 6.58. The number of sulfonamides is 1. The summed E-state index contributed by atoms with van der Waals surface area (Å²) in [4.78, 5) is 6.14. The molecule has 1 atom stereocenters. The van der Waals surface area contributed by atoms with Crippen LogP contribution >= 0.6 is 22.9 Å². The van der Waals surface area contributed by atoms with E-state index >= 15 is 0 Å². The van der Waals surface area contributed by atoms with E-state index in [4.69, 9.17) is 11.6 Å². The summed E-state index contributed by atoms with van der Waals surface area (Å²) >= 11 is 6.67. The van der Waals surface area contributed by atoms with Gasteiger partial charge in [0.1, 0.15) is 0 Å². The van der Waals surface area contributed by atoms with Crippen LogP contribution in [-0.4, -0.2) is 44.0 Å². The van der Waals surface area contributed by atoms with E-state index < -0.39 is 10.0 Å². The van der Waals surface area contributed by atoms with Crippen LogP contribution in [0.25, 0.3) is 0 Å². The predicted octanol–water partition coefficient (Wildman–Crippen LogP) is 2.20. The van der Waals surface area contributed by atoms with Gasteiger partial charge < -0.3 is 0 Å². The number of aromatic nitrogens is 1. The zero-order chi connectivity index (χ0) is 14.8. The second-order valence-electron chi connectivity index (χ2n) is 5.34. The zero-order valence-electron chi connectivity index (χ0n) is 11.7. The minimum absolute atomic E-state index is 0.173. The molecule has 0 aromatic carbocycles. The molecule has 114 valence electrons. The topological polar surface area (TPSA) is 62.3 Å². The first-order valence-corrected chi connectivity index (χ1v) is 9.43. The molecule has 8 heteroatoms. The lowest BCUT2D eigenvalue weighted by atomic mass is 10.0. The third-order valence-electron chi connectivity index (χ3n) is 3.58. The van der Waals surface area contributed by atoms with Crippen molar-refractivity contribution in [2.75, 3.05) is 19.6 Å². The Hall–Kier alpha value is -0.210. The van der Waals surface area contributed by atoms with E-state index in [1.807, 2.05) is 0 Å². The normalized spacial score (nSPS) is 18.8. The molecule has 1 aliphatic rings. The monoisotopic (exact) mass is 337 g/mol. The van der Waals surface area contributed by atoms with Gasteiger partial charge in [-0.3, -0.25) is 4.90 Å². The summed E-state index contributed by atoms with van der Waals surface area (Å²) in [5, 5.41) is 0. The Bertz CT molecular complexity index is 539. The Balaban J connectivity index is 2.01. The molecular formula is C12H20ClN3O2S2. The lowest BCUT2D eigenvalue weighted by molar-refractivity contribution is 0.193. The smallest absolute Gasteiger partial charge is 0.251 e. The summed E-state index contributed by atoms with van der Waals surface area (Å²) in [7, 11) is -3.50. The Kier molecular flexibility index (Phi) is 5.42. The van der Waals surface area contributed by atoms with Crippen LogP contribution in [0.15, 0.2) is 10.4 Å². The second-order valence-corrected chi connectivity index (χ2v) is 8.95. The highest BCUT2D eigenvalue weighted by Gasteiger charge is 2.27. The summed E-state index contributed by atoms with van der Waals surface area (Å²) in [5.74, 6) is 0.404. The zero-order valence-corrected chi connectivity index (χ0v) is 14.1. The van der Waals surface area contributed by atoms with Gasteiger partial charge in [0, 0.05) is 12.6 Å². The molecule has 0 aliphatic carbocycles. The highest BCUT2D eigenvalue weighted by atomic mass is 35.5. The van der Waals surface area contributed by atoms with Crippen molar-refractivity contribution < 1.29 is 8.42 Å². The molecule has 1 saturated heterocycles. The van der Waals surface area contributed by atoms with Crippen molar-refractivity contribution in [2.45, 2.75) is 36.9 Å². The van der Waals surface area contributed by atoms with E-state index in [1.54, 1.807) is 0 Å². The number of hydrogen-bond donors (Lipinski definition) is 1. The fourth-order valence-electron chi connectivity index (χ4n) is 2.49. The fraction of sp³-hybridized carbons (Fsp3) is 0.750. The van der Waals surface area contributed by atoms with Crippen molar-refractivity contribution in [3.05, 3.63) is 10.7 Å². The van der Waals surface area contributed by atoms with Crippen LogP contribution in [0.1, 0.15) is 26.7 Å². The molecule has 0 saturated carbocycles. The molecule has 0 spiro atoms. The Morgan fingerprint density at radius 2 is 2.10 bits per heavy atom. The lowest BCUT2D eigenvalue weighted by Gasteiger charge is -2.30. The summed E-state index contributed by atoms with van der Waals surface area (Å²) in [6.07, 6.45) is 3.69. The number of likely N-dealkylation sites (tertiary alicyclic amines) is 1. The molecule has 1 aliphatic heterocycles. The van der Waals surface area contributed by atoms with E-state index in [9.17, 15) is 8.42 Å². The van der Waals surface area contributed by atoms with Gasteiger partial charge in [0.2, 0.25) is 0 Å². The molecule has 0 radical (unpaired) electrons. The van der Waals surface area contributed by atoms with Crippen LogP contribution in [0.3, 0.4) is 0 Å². The highest BCUT2D eigenvalue weighted by Crippen LogP contribution is 2.23. The lowest BCUT2D eigenvalue weighted by Crippen LogP contribution is -2.45. The van der Waals surface area contributed by atoms with Crippen LogP contribution < -0.4 is 4.72 Å². The molecule has 2 heterocycles. The predicted molar refractivity (Wildman–Crippen MR) is 81.7 cm³/mol. The Morgan fingerprint density at radius 1 is 1.45 bits per heavy atom. The minimum atomic E-state index is -3.50. The van der Waals surface area contributed by atoms with Gasteiger partial charge in [-0.25, -0.2) is 18.1 Å². The Morgan fingerprint density at radius 3 is 2.60 bits per heavy atom. The molecule has 1 aromatic heterocycles. The van der Waals surface area contributed by atoms with E-state index in [1.165, 1.54) is 19.0 Å². The van der Waals surface area contributed by atoms with Crippen LogP contribution in [0.4, 0.5) is 0 Å². The molecule has 5 nitrogen and oxygen atoms in total. The van der Waals surface area contributed by atoms with Gasteiger partial charge in [0.15, 0.2) is 8.68 Å². The molecule has 0 amide bonds. The van der Waals surface area contributed by atoms with Gasteiger partial charge in [-0.15, -0.1) is 0 Å². The van der Waals surface area contributed by atoms with Crippen LogP contribution in [0.2, 0.25) is 4.47 Å². The first-order valence-electron chi connectivity index (χ1n) is 6.75. The molecule has 1 N–H and O–H groups in total. The van der Waals surface area contributed by atoms with E-state index in [-0.39, 0.29) is 14.7 Å². The summed E-state index contributed by atoms with van der Waals surface area (Å²) in [6, 6.07) is 0.232. The summed E-state index contributed by atoms with van der Waals surface area (Å²) in [6.45, 7) is 6.78. The SMILES string of the molecule is CC(C)C(CNS(=O)(=O)c1cnc(Cl)s1)N1CCCC1. The third kappa shape index (κ3) is 3.92. The number of nitrogens with zero attached hydrogens (tertiary/aromatic N) is 2. The van der Waals surface area contributed by atoms with Gasteiger partial charge >= 0.3 is 0 Å². The fourth-order valence-corrected chi connectivity index (χ4v) is 4.88. The van der Waals surface area contributed by atoms with Crippen molar-refractivity contribution >= 4 is 33.0 Å². The summed E-state index contributed by atoms with van der Waals surface area (Å²) in [5.41, 5.74) is 0. The molecule has 20 heavy (non-hydrogen) atoms.